The fourth-order valence-electron chi connectivity index (χ4n) is 1.03. The van der Waals surface area contributed by atoms with Gasteiger partial charge in [-0.15, -0.1) is 0 Å². The molecule has 0 amide bonds. The Hall–Kier alpha value is 0.0300. The molecule has 0 aliphatic rings. The fraction of sp³-hybridized carbons (Fsp3) is 1.00. The van der Waals surface area contributed by atoms with Crippen molar-refractivity contribution in [2.45, 2.75) is 32.7 Å². The second kappa shape index (κ2) is 7.33. The highest BCUT2D eigenvalue weighted by atomic mass is 31.2. The summed E-state index contributed by atoms with van der Waals surface area (Å²) in [6, 6.07) is 0. The summed E-state index contributed by atoms with van der Waals surface area (Å²) in [5.41, 5.74) is 0. The Morgan fingerprint density at radius 1 is 1.27 bits per heavy atom. The van der Waals surface area contributed by atoms with Gasteiger partial charge in [-0.1, -0.05) is 7.60 Å². The molecule has 0 aliphatic heterocycles. The van der Waals surface area contributed by atoms with Crippen molar-refractivity contribution in [1.82, 2.24) is 0 Å². The topological polar surface area (TPSA) is 102 Å². The molecule has 1 unspecified atom stereocenters. The van der Waals surface area contributed by atoms with Crippen molar-refractivity contribution < 1.29 is 28.9 Å². The smallest absolute Gasteiger partial charge is 0.183 e. The van der Waals surface area contributed by atoms with E-state index < -0.39 is 26.2 Å². The summed E-state index contributed by atoms with van der Waals surface area (Å²) in [6.45, 7) is 4.14. The van der Waals surface area contributed by atoms with E-state index in [-0.39, 0.29) is 6.42 Å². The molecule has 0 radical (unpaired) electrons. The van der Waals surface area contributed by atoms with E-state index in [0.717, 1.165) is 0 Å². The van der Waals surface area contributed by atoms with E-state index in [9.17, 15) is 19.5 Å². The van der Waals surface area contributed by atoms with Crippen LogP contribution in [0.4, 0.5) is 0 Å². The molecule has 0 saturated carbocycles. The van der Waals surface area contributed by atoms with E-state index in [2.05, 4.69) is 0 Å². The largest absolute Gasteiger partial charge is 0.811 e. The van der Waals surface area contributed by atoms with Gasteiger partial charge in [-0.05, 0) is 26.4 Å². The molecule has 7 heteroatoms. The van der Waals surface area contributed by atoms with Crippen molar-refractivity contribution in [3.8, 4) is 0 Å². The lowest BCUT2D eigenvalue weighted by atomic mass is 10.3. The zero-order valence-corrected chi connectivity index (χ0v) is 9.81. The lowest BCUT2D eigenvalue weighted by Crippen LogP contribution is -2.33. The summed E-state index contributed by atoms with van der Waals surface area (Å²) in [5.74, 6) is 0. The zero-order valence-electron chi connectivity index (χ0n) is 8.92. The van der Waals surface area contributed by atoms with Gasteiger partial charge in [-0.2, -0.15) is 0 Å². The standard InChI is InChI=1S/C8H19O6P/c1-3-13-8(14-4-2)7(9)5-6-15(10,11)12/h7-9H,3-6H2,1-2H3,(H2,10,11,12)/p-2. The Labute approximate surface area is 89.4 Å². The molecule has 0 spiro atoms. The minimum absolute atomic E-state index is 0.172. The van der Waals surface area contributed by atoms with Crippen LogP contribution in [0.2, 0.25) is 0 Å². The van der Waals surface area contributed by atoms with Crippen molar-refractivity contribution >= 4 is 7.60 Å². The lowest BCUT2D eigenvalue weighted by molar-refractivity contribution is -0.314. The summed E-state index contributed by atoms with van der Waals surface area (Å²) in [7, 11) is -4.57. The summed E-state index contributed by atoms with van der Waals surface area (Å²) >= 11 is 0. The maximum absolute atomic E-state index is 10.4. The summed E-state index contributed by atoms with van der Waals surface area (Å²) in [4.78, 5) is 20.7. The summed E-state index contributed by atoms with van der Waals surface area (Å²) in [5, 5.41) is 9.49. The number of ether oxygens (including phenoxy) is 2. The second-order valence-corrected chi connectivity index (χ2v) is 4.64. The molecule has 15 heavy (non-hydrogen) atoms. The molecule has 0 aromatic carbocycles. The Kier molecular flexibility index (Phi) is 7.34. The van der Waals surface area contributed by atoms with Crippen LogP contribution in [0.15, 0.2) is 0 Å². The highest BCUT2D eigenvalue weighted by molar-refractivity contribution is 7.48. The second-order valence-electron chi connectivity index (χ2n) is 2.97. The Balaban J connectivity index is 4.01. The summed E-state index contributed by atoms with van der Waals surface area (Å²) in [6.07, 6.45) is -2.73. The van der Waals surface area contributed by atoms with Gasteiger partial charge in [0.2, 0.25) is 0 Å². The third-order valence-electron chi connectivity index (χ3n) is 1.67. The fourth-order valence-corrected chi connectivity index (χ4v) is 1.61. The first-order valence-electron chi connectivity index (χ1n) is 4.83. The number of rotatable bonds is 8. The quantitative estimate of drug-likeness (QED) is 0.433. The van der Waals surface area contributed by atoms with E-state index in [0.29, 0.717) is 13.2 Å². The molecule has 92 valence electrons. The SMILES string of the molecule is CCOC(OCC)C(O)CCP(=O)([O-])[O-]. The average molecular weight is 240 g/mol. The average Bonchev–Trinajstić information content (AvgIpc) is 2.13. The molecular formula is C8H17O6P-2. The molecule has 1 N–H and O–H groups in total. The molecule has 0 aromatic rings. The molecule has 0 heterocycles. The van der Waals surface area contributed by atoms with Crippen molar-refractivity contribution in [2.24, 2.45) is 0 Å². The molecule has 0 saturated heterocycles. The van der Waals surface area contributed by atoms with E-state index in [1.54, 1.807) is 13.8 Å². The normalized spacial score (nSPS) is 14.5. The van der Waals surface area contributed by atoms with Gasteiger partial charge >= 0.3 is 0 Å². The van der Waals surface area contributed by atoms with E-state index in [4.69, 9.17) is 9.47 Å². The molecule has 0 bridgehead atoms. The van der Waals surface area contributed by atoms with Crippen molar-refractivity contribution in [3.05, 3.63) is 0 Å². The Morgan fingerprint density at radius 3 is 2.07 bits per heavy atom. The highest BCUT2D eigenvalue weighted by Gasteiger charge is 2.19. The van der Waals surface area contributed by atoms with E-state index in [1.807, 2.05) is 0 Å². The first-order chi connectivity index (χ1) is 6.90. The van der Waals surface area contributed by atoms with Crippen LogP contribution in [-0.2, 0) is 14.0 Å². The van der Waals surface area contributed by atoms with Crippen LogP contribution in [0.5, 0.6) is 0 Å². The highest BCUT2D eigenvalue weighted by Crippen LogP contribution is 2.25. The van der Waals surface area contributed by atoms with Gasteiger partial charge in [0.25, 0.3) is 0 Å². The minimum Gasteiger partial charge on any atom is -0.811 e. The van der Waals surface area contributed by atoms with Crippen LogP contribution in [0.25, 0.3) is 0 Å². The van der Waals surface area contributed by atoms with Crippen LogP contribution in [0.1, 0.15) is 20.3 Å². The number of hydrogen-bond donors (Lipinski definition) is 1. The molecule has 0 aliphatic carbocycles. The lowest BCUT2D eigenvalue weighted by Gasteiger charge is -2.31. The van der Waals surface area contributed by atoms with Gasteiger partial charge in [0.05, 0.1) is 0 Å². The van der Waals surface area contributed by atoms with Gasteiger partial charge in [0, 0.05) is 13.2 Å². The Bertz CT molecular complexity index is 197. The van der Waals surface area contributed by atoms with Gasteiger partial charge in [0.15, 0.2) is 6.29 Å². The van der Waals surface area contributed by atoms with E-state index >= 15 is 0 Å². The third-order valence-corrected chi connectivity index (χ3v) is 2.48. The minimum atomic E-state index is -4.57. The van der Waals surface area contributed by atoms with Crippen molar-refractivity contribution in [3.63, 3.8) is 0 Å². The molecule has 0 rings (SSSR count). The van der Waals surface area contributed by atoms with Crippen molar-refractivity contribution in [1.29, 1.82) is 0 Å². The van der Waals surface area contributed by atoms with Crippen LogP contribution in [0, 0.1) is 0 Å². The molecule has 1 atom stereocenters. The van der Waals surface area contributed by atoms with Gasteiger partial charge in [-0.25, -0.2) is 0 Å². The van der Waals surface area contributed by atoms with Crippen LogP contribution in [-0.4, -0.2) is 36.9 Å². The van der Waals surface area contributed by atoms with Crippen molar-refractivity contribution in [2.75, 3.05) is 19.4 Å². The molecule has 6 nitrogen and oxygen atoms in total. The first kappa shape index (κ1) is 15.0. The predicted molar refractivity (Wildman–Crippen MR) is 50.1 cm³/mol. The van der Waals surface area contributed by atoms with Crippen LogP contribution < -0.4 is 9.79 Å². The van der Waals surface area contributed by atoms with Gasteiger partial charge < -0.3 is 28.9 Å². The van der Waals surface area contributed by atoms with Crippen LogP contribution in [0.3, 0.4) is 0 Å². The molecule has 0 fully saturated rings. The summed E-state index contributed by atoms with van der Waals surface area (Å²) < 4.78 is 20.4. The molecule has 0 aromatic heterocycles. The predicted octanol–water partition coefficient (Wildman–Crippen LogP) is -0.950. The third kappa shape index (κ3) is 7.90. The first-order valence-corrected chi connectivity index (χ1v) is 6.55. The monoisotopic (exact) mass is 240 g/mol. The Morgan fingerprint density at radius 2 is 1.73 bits per heavy atom. The maximum Gasteiger partial charge on any atom is 0.183 e. The van der Waals surface area contributed by atoms with Crippen LogP contribution >= 0.6 is 7.60 Å². The van der Waals surface area contributed by atoms with Gasteiger partial charge in [-0.3, -0.25) is 0 Å². The molecular weight excluding hydrogens is 223 g/mol. The van der Waals surface area contributed by atoms with Gasteiger partial charge in [0.1, 0.15) is 6.10 Å². The number of hydrogen-bond acceptors (Lipinski definition) is 6. The number of aliphatic hydroxyl groups excluding tert-OH is 1. The number of aliphatic hydroxyl groups is 1. The zero-order chi connectivity index (χ0) is 11.9. The van der Waals surface area contributed by atoms with E-state index in [1.165, 1.54) is 0 Å². The maximum atomic E-state index is 10.4.